The Kier molecular flexibility index (Phi) is 4.98. The van der Waals surface area contributed by atoms with E-state index in [1.165, 1.54) is 16.7 Å². The van der Waals surface area contributed by atoms with Crippen molar-refractivity contribution in [1.29, 1.82) is 0 Å². The van der Waals surface area contributed by atoms with Crippen molar-refractivity contribution in [3.63, 3.8) is 0 Å². The van der Waals surface area contributed by atoms with Crippen LogP contribution in [0.4, 0.5) is 0 Å². The first-order valence-corrected chi connectivity index (χ1v) is 9.91. The second-order valence-electron chi connectivity index (χ2n) is 8.20. The van der Waals surface area contributed by atoms with Crippen LogP contribution in [0.25, 0.3) is 11.4 Å². The number of pyridine rings is 2. The zero-order valence-electron chi connectivity index (χ0n) is 17.1. The molecule has 1 aliphatic rings. The highest BCUT2D eigenvalue weighted by Crippen LogP contribution is 2.33. The fourth-order valence-corrected chi connectivity index (χ4v) is 3.64. The fourth-order valence-electron chi connectivity index (χ4n) is 3.64. The van der Waals surface area contributed by atoms with Gasteiger partial charge >= 0.3 is 0 Å². The average molecular weight is 377 g/mol. The van der Waals surface area contributed by atoms with Crippen molar-refractivity contribution in [1.82, 2.24) is 25.0 Å². The van der Waals surface area contributed by atoms with E-state index in [0.29, 0.717) is 11.7 Å². The molecule has 0 N–H and O–H groups in total. The van der Waals surface area contributed by atoms with Gasteiger partial charge in [-0.25, -0.2) is 0 Å². The van der Waals surface area contributed by atoms with Crippen LogP contribution in [-0.2, 0) is 24.9 Å². The third kappa shape index (κ3) is 3.56. The van der Waals surface area contributed by atoms with Crippen LogP contribution in [0.5, 0.6) is 0 Å². The Bertz CT molecular complexity index is 964. The van der Waals surface area contributed by atoms with Crippen LogP contribution >= 0.6 is 0 Å². The summed E-state index contributed by atoms with van der Waals surface area (Å²) in [5.74, 6) is 1.36. The van der Waals surface area contributed by atoms with E-state index in [4.69, 9.17) is 9.51 Å². The van der Waals surface area contributed by atoms with E-state index >= 15 is 0 Å². The zero-order chi connectivity index (χ0) is 19.7. The molecule has 1 aliphatic heterocycles. The van der Waals surface area contributed by atoms with Crippen LogP contribution in [-0.4, -0.2) is 31.6 Å². The van der Waals surface area contributed by atoms with Crippen LogP contribution < -0.4 is 0 Å². The van der Waals surface area contributed by atoms with Crippen LogP contribution in [0.15, 0.2) is 35.2 Å². The molecule has 0 radical (unpaired) electrons. The maximum Gasteiger partial charge on any atom is 0.232 e. The molecule has 146 valence electrons. The van der Waals surface area contributed by atoms with Crippen molar-refractivity contribution in [2.24, 2.45) is 0 Å². The molecule has 0 unspecified atom stereocenters. The normalized spacial score (nSPS) is 14.9. The Morgan fingerprint density at radius 2 is 2.00 bits per heavy atom. The summed E-state index contributed by atoms with van der Waals surface area (Å²) >= 11 is 0. The Labute approximate surface area is 166 Å². The first-order valence-electron chi connectivity index (χ1n) is 9.91. The number of hydrogen-bond acceptors (Lipinski definition) is 6. The van der Waals surface area contributed by atoms with Gasteiger partial charge in [-0.1, -0.05) is 25.9 Å². The van der Waals surface area contributed by atoms with Crippen LogP contribution in [0.3, 0.4) is 0 Å². The van der Waals surface area contributed by atoms with Gasteiger partial charge in [0, 0.05) is 54.9 Å². The van der Waals surface area contributed by atoms with Gasteiger partial charge in [0.15, 0.2) is 0 Å². The maximum absolute atomic E-state index is 5.62. The molecule has 6 nitrogen and oxygen atoms in total. The number of rotatable bonds is 5. The van der Waals surface area contributed by atoms with Gasteiger partial charge in [-0.15, -0.1) is 0 Å². The van der Waals surface area contributed by atoms with Gasteiger partial charge in [-0.3, -0.25) is 14.9 Å². The Morgan fingerprint density at radius 3 is 2.75 bits per heavy atom. The smallest absolute Gasteiger partial charge is 0.232 e. The number of aryl methyl sites for hydroxylation is 1. The van der Waals surface area contributed by atoms with Gasteiger partial charge in [-0.2, -0.15) is 4.98 Å². The molecule has 0 aliphatic carbocycles. The average Bonchev–Trinajstić information content (AvgIpc) is 3.19. The van der Waals surface area contributed by atoms with Gasteiger partial charge in [0.2, 0.25) is 11.7 Å². The third-order valence-electron chi connectivity index (χ3n) is 5.81. The Balaban J connectivity index is 1.63. The van der Waals surface area contributed by atoms with Crippen molar-refractivity contribution >= 4 is 0 Å². The van der Waals surface area contributed by atoms with Gasteiger partial charge < -0.3 is 4.52 Å². The summed E-state index contributed by atoms with van der Waals surface area (Å²) in [6.45, 7) is 11.2. The highest BCUT2D eigenvalue weighted by Gasteiger charge is 2.28. The highest BCUT2D eigenvalue weighted by molar-refractivity contribution is 5.64. The monoisotopic (exact) mass is 377 g/mol. The quantitative estimate of drug-likeness (QED) is 0.667. The van der Waals surface area contributed by atoms with Crippen molar-refractivity contribution < 1.29 is 4.52 Å². The van der Waals surface area contributed by atoms with Crippen molar-refractivity contribution in [3.8, 4) is 11.4 Å². The van der Waals surface area contributed by atoms with Gasteiger partial charge in [0.1, 0.15) is 0 Å². The van der Waals surface area contributed by atoms with E-state index in [0.717, 1.165) is 43.7 Å². The number of nitrogens with zero attached hydrogens (tertiary/aromatic N) is 5. The van der Waals surface area contributed by atoms with Gasteiger partial charge in [0.05, 0.1) is 0 Å². The van der Waals surface area contributed by atoms with E-state index in [2.05, 4.69) is 52.9 Å². The van der Waals surface area contributed by atoms with Crippen LogP contribution in [0, 0.1) is 6.92 Å². The molecule has 0 amide bonds. The standard InChI is InChI=1S/C22H27N5O/c1-5-22(3,4)21-25-20(26-28-21)19-15(2)24-12-17-14-27(11-8-18(17)19)13-16-6-9-23-10-7-16/h6-7,9-10,12H,5,8,11,13-14H2,1-4H3. The molecule has 3 aromatic rings. The van der Waals surface area contributed by atoms with Gasteiger partial charge in [-0.05, 0) is 48.6 Å². The van der Waals surface area contributed by atoms with Crippen molar-refractivity contribution in [3.05, 3.63) is 59.0 Å². The van der Waals surface area contributed by atoms with Crippen molar-refractivity contribution in [2.45, 2.75) is 59.0 Å². The molecule has 4 rings (SSSR count). The molecular weight excluding hydrogens is 350 g/mol. The summed E-state index contributed by atoms with van der Waals surface area (Å²) in [4.78, 5) is 15.9. The SMILES string of the molecule is CCC(C)(C)c1nc(-c2c(C)ncc3c2CCN(Cc2ccncc2)C3)no1. The zero-order valence-corrected chi connectivity index (χ0v) is 17.1. The molecule has 0 aromatic carbocycles. The summed E-state index contributed by atoms with van der Waals surface area (Å²) < 4.78 is 5.62. The minimum Gasteiger partial charge on any atom is -0.338 e. The third-order valence-corrected chi connectivity index (χ3v) is 5.81. The predicted octanol–water partition coefficient (Wildman–Crippen LogP) is 4.08. The molecule has 0 saturated carbocycles. The lowest BCUT2D eigenvalue weighted by Gasteiger charge is -2.29. The molecule has 0 saturated heterocycles. The van der Waals surface area contributed by atoms with Crippen molar-refractivity contribution in [2.75, 3.05) is 6.54 Å². The molecule has 4 heterocycles. The molecule has 0 bridgehead atoms. The first-order chi connectivity index (χ1) is 13.5. The minimum absolute atomic E-state index is 0.122. The Hall–Kier alpha value is -2.60. The number of hydrogen-bond donors (Lipinski definition) is 0. The number of fused-ring (bicyclic) bond motifs is 1. The molecular formula is C22H27N5O. The molecule has 6 heteroatoms. The van der Waals surface area contributed by atoms with E-state index in [9.17, 15) is 0 Å². The largest absolute Gasteiger partial charge is 0.338 e. The predicted molar refractivity (Wildman–Crippen MR) is 108 cm³/mol. The summed E-state index contributed by atoms with van der Waals surface area (Å²) in [6, 6.07) is 4.15. The summed E-state index contributed by atoms with van der Waals surface area (Å²) in [5.41, 5.74) is 5.72. The first kappa shape index (κ1) is 18.7. The van der Waals surface area contributed by atoms with Crippen LogP contribution in [0.2, 0.25) is 0 Å². The second-order valence-corrected chi connectivity index (χ2v) is 8.20. The molecule has 28 heavy (non-hydrogen) atoms. The van der Waals surface area contributed by atoms with E-state index in [-0.39, 0.29) is 5.41 Å². The lowest BCUT2D eigenvalue weighted by atomic mass is 9.90. The van der Waals surface area contributed by atoms with Crippen LogP contribution in [0.1, 0.15) is 55.5 Å². The van der Waals surface area contributed by atoms with E-state index < -0.39 is 0 Å². The van der Waals surface area contributed by atoms with Gasteiger partial charge in [0.25, 0.3) is 0 Å². The highest BCUT2D eigenvalue weighted by atomic mass is 16.5. The van der Waals surface area contributed by atoms with E-state index in [1.807, 2.05) is 25.5 Å². The second kappa shape index (κ2) is 7.43. The van der Waals surface area contributed by atoms with E-state index in [1.54, 1.807) is 0 Å². The Morgan fingerprint density at radius 1 is 1.21 bits per heavy atom. The topological polar surface area (TPSA) is 67.9 Å². The maximum atomic E-state index is 5.62. The fraction of sp³-hybridized carbons (Fsp3) is 0.455. The minimum atomic E-state index is -0.122. The summed E-state index contributed by atoms with van der Waals surface area (Å²) in [7, 11) is 0. The molecule has 0 spiro atoms. The molecule has 0 fully saturated rings. The summed E-state index contributed by atoms with van der Waals surface area (Å²) in [6.07, 6.45) is 7.61. The summed E-state index contributed by atoms with van der Waals surface area (Å²) in [5, 5.41) is 4.31. The lowest BCUT2D eigenvalue weighted by Crippen LogP contribution is -2.30. The number of aromatic nitrogens is 4. The molecule has 0 atom stereocenters. The lowest BCUT2D eigenvalue weighted by molar-refractivity contribution is 0.245. The molecule has 3 aromatic heterocycles.